The Balaban J connectivity index is 1.21. The zero-order valence-electron chi connectivity index (χ0n) is 21.0. The van der Waals surface area contributed by atoms with E-state index >= 15 is 0 Å². The monoisotopic (exact) mass is 478 g/mol. The van der Waals surface area contributed by atoms with Gasteiger partial charge in [-0.2, -0.15) is 5.10 Å². The molecule has 1 aliphatic carbocycles. The van der Waals surface area contributed by atoms with Crippen molar-refractivity contribution in [1.82, 2.24) is 25.3 Å². The third-order valence-electron chi connectivity index (χ3n) is 8.06. The number of aromatic amines is 1. The van der Waals surface area contributed by atoms with Gasteiger partial charge in [0, 0.05) is 30.3 Å². The SMILES string of the molecule is CC1(C)c2[nH]nc(NC(=O)c3ccccc3)c2CN1C(=O)NC1CCCN(CC2CCCCC2)C1. The second kappa shape index (κ2) is 10.0. The molecule has 2 aliphatic heterocycles. The van der Waals surface area contributed by atoms with Crippen molar-refractivity contribution < 1.29 is 9.59 Å². The van der Waals surface area contributed by atoms with Gasteiger partial charge in [0.1, 0.15) is 0 Å². The first kappa shape index (κ1) is 23.9. The number of piperidine rings is 1. The normalized spacial score (nSPS) is 22.6. The number of H-pyrrole nitrogens is 1. The molecule has 1 atom stereocenters. The van der Waals surface area contributed by atoms with Crippen LogP contribution in [0, 0.1) is 5.92 Å². The Kier molecular flexibility index (Phi) is 6.82. The van der Waals surface area contributed by atoms with E-state index < -0.39 is 5.54 Å². The molecule has 5 rings (SSSR count). The fraction of sp³-hybridized carbons (Fsp3) is 0.593. The minimum absolute atomic E-state index is 0.0514. The van der Waals surface area contributed by atoms with Gasteiger partial charge in [0.05, 0.1) is 17.8 Å². The van der Waals surface area contributed by atoms with E-state index in [0.29, 0.717) is 17.9 Å². The number of fused-ring (bicyclic) bond motifs is 1. The topological polar surface area (TPSA) is 93.4 Å². The highest BCUT2D eigenvalue weighted by atomic mass is 16.2. The smallest absolute Gasteiger partial charge is 0.318 e. The van der Waals surface area contributed by atoms with E-state index in [-0.39, 0.29) is 18.0 Å². The van der Waals surface area contributed by atoms with Gasteiger partial charge in [0.25, 0.3) is 5.91 Å². The standard InChI is InChI=1S/C27H38N6O2/c1-27(2)23-22(24(31-30-23)29-25(34)20-12-7-4-8-13-20)18-33(27)26(35)28-21-14-9-15-32(17-21)16-19-10-5-3-6-11-19/h4,7-8,12-13,19,21H,3,5-6,9-11,14-18H2,1-2H3,(H,28,35)(H2,29,30,31,34). The van der Waals surface area contributed by atoms with Gasteiger partial charge < -0.3 is 20.4 Å². The van der Waals surface area contributed by atoms with Gasteiger partial charge in [-0.05, 0) is 64.1 Å². The minimum Gasteiger partial charge on any atom is -0.334 e. The van der Waals surface area contributed by atoms with E-state index in [4.69, 9.17) is 0 Å². The third kappa shape index (κ3) is 5.08. The first-order valence-electron chi connectivity index (χ1n) is 13.2. The number of benzene rings is 1. The summed E-state index contributed by atoms with van der Waals surface area (Å²) in [6, 6.07) is 9.21. The first-order chi connectivity index (χ1) is 16.9. The lowest BCUT2D eigenvalue weighted by Gasteiger charge is -2.38. The third-order valence-corrected chi connectivity index (χ3v) is 8.06. The summed E-state index contributed by atoms with van der Waals surface area (Å²) in [6.07, 6.45) is 8.97. The van der Waals surface area contributed by atoms with E-state index in [2.05, 4.69) is 25.7 Å². The molecule has 3 aliphatic rings. The molecule has 1 saturated heterocycles. The van der Waals surface area contributed by atoms with Crippen LogP contribution in [-0.4, -0.2) is 57.6 Å². The molecule has 1 saturated carbocycles. The summed E-state index contributed by atoms with van der Waals surface area (Å²) in [4.78, 5) is 30.5. The number of anilines is 1. The van der Waals surface area contributed by atoms with Gasteiger partial charge in [-0.3, -0.25) is 9.89 Å². The Morgan fingerprint density at radius 3 is 2.63 bits per heavy atom. The molecule has 0 radical (unpaired) electrons. The molecular weight excluding hydrogens is 440 g/mol. The molecule has 0 bridgehead atoms. The van der Waals surface area contributed by atoms with Crippen molar-refractivity contribution in [3.05, 3.63) is 47.2 Å². The molecule has 8 heteroatoms. The van der Waals surface area contributed by atoms with Crippen LogP contribution in [0.15, 0.2) is 30.3 Å². The molecule has 3 N–H and O–H groups in total. The molecule has 3 heterocycles. The zero-order valence-corrected chi connectivity index (χ0v) is 21.0. The number of amides is 3. The molecule has 2 aromatic rings. The van der Waals surface area contributed by atoms with Gasteiger partial charge in [-0.25, -0.2) is 4.79 Å². The van der Waals surface area contributed by atoms with Gasteiger partial charge in [0.15, 0.2) is 5.82 Å². The molecule has 2 fully saturated rings. The van der Waals surface area contributed by atoms with Crippen molar-refractivity contribution >= 4 is 17.8 Å². The van der Waals surface area contributed by atoms with Gasteiger partial charge in [0.2, 0.25) is 0 Å². The molecule has 0 spiro atoms. The van der Waals surface area contributed by atoms with Crippen LogP contribution in [0.25, 0.3) is 0 Å². The van der Waals surface area contributed by atoms with E-state index in [1.54, 1.807) is 12.1 Å². The van der Waals surface area contributed by atoms with Crippen LogP contribution in [0.5, 0.6) is 0 Å². The molecule has 188 valence electrons. The van der Waals surface area contributed by atoms with Gasteiger partial charge in [-0.1, -0.05) is 37.5 Å². The predicted octanol–water partition coefficient (Wildman–Crippen LogP) is 4.47. The number of carbonyl (C=O) groups excluding carboxylic acids is 2. The Hall–Kier alpha value is -2.87. The van der Waals surface area contributed by atoms with E-state index in [1.807, 2.05) is 36.9 Å². The highest BCUT2D eigenvalue weighted by molar-refractivity contribution is 6.04. The number of likely N-dealkylation sites (tertiary alicyclic amines) is 1. The summed E-state index contributed by atoms with van der Waals surface area (Å²) in [7, 11) is 0. The molecule has 1 aromatic carbocycles. The van der Waals surface area contributed by atoms with Crippen molar-refractivity contribution in [3.63, 3.8) is 0 Å². The molecule has 3 amide bonds. The number of aromatic nitrogens is 2. The Morgan fingerprint density at radius 2 is 1.86 bits per heavy atom. The summed E-state index contributed by atoms with van der Waals surface area (Å²) < 4.78 is 0. The number of hydrogen-bond donors (Lipinski definition) is 3. The quantitative estimate of drug-likeness (QED) is 0.591. The summed E-state index contributed by atoms with van der Waals surface area (Å²) in [6.45, 7) is 7.70. The van der Waals surface area contributed by atoms with E-state index in [0.717, 1.165) is 43.1 Å². The highest BCUT2D eigenvalue weighted by Crippen LogP contribution is 2.40. The summed E-state index contributed by atoms with van der Waals surface area (Å²) in [5.74, 6) is 1.10. The van der Waals surface area contributed by atoms with E-state index in [9.17, 15) is 9.59 Å². The van der Waals surface area contributed by atoms with Crippen molar-refractivity contribution in [2.45, 2.75) is 76.9 Å². The molecule has 1 unspecified atom stereocenters. The zero-order chi connectivity index (χ0) is 24.4. The Bertz CT molecular complexity index is 1040. The summed E-state index contributed by atoms with van der Waals surface area (Å²) in [5.41, 5.74) is 1.78. The van der Waals surface area contributed by atoms with Crippen molar-refractivity contribution in [1.29, 1.82) is 0 Å². The number of hydrogen-bond acceptors (Lipinski definition) is 4. The maximum atomic E-state index is 13.4. The Labute approximate surface area is 207 Å². The highest BCUT2D eigenvalue weighted by Gasteiger charge is 2.44. The van der Waals surface area contributed by atoms with Crippen molar-refractivity contribution in [2.24, 2.45) is 5.92 Å². The number of nitrogens with zero attached hydrogens (tertiary/aromatic N) is 3. The maximum Gasteiger partial charge on any atom is 0.318 e. The average molecular weight is 479 g/mol. The van der Waals surface area contributed by atoms with Crippen LogP contribution in [0.4, 0.5) is 10.6 Å². The number of nitrogens with one attached hydrogen (secondary N) is 3. The number of urea groups is 1. The lowest BCUT2D eigenvalue weighted by molar-refractivity contribution is 0.102. The first-order valence-corrected chi connectivity index (χ1v) is 13.2. The van der Waals surface area contributed by atoms with Crippen LogP contribution in [-0.2, 0) is 12.1 Å². The van der Waals surface area contributed by atoms with E-state index in [1.165, 1.54) is 38.6 Å². The van der Waals surface area contributed by atoms with Gasteiger partial charge >= 0.3 is 6.03 Å². The van der Waals surface area contributed by atoms with Crippen molar-refractivity contribution in [3.8, 4) is 0 Å². The molecule has 1 aromatic heterocycles. The second-order valence-electron chi connectivity index (χ2n) is 10.9. The molecular formula is C27H38N6O2. The lowest BCUT2D eigenvalue weighted by Crippen LogP contribution is -2.54. The molecule has 35 heavy (non-hydrogen) atoms. The number of carbonyl (C=O) groups is 2. The second-order valence-corrected chi connectivity index (χ2v) is 10.9. The molecule has 8 nitrogen and oxygen atoms in total. The number of rotatable bonds is 5. The minimum atomic E-state index is -0.543. The summed E-state index contributed by atoms with van der Waals surface area (Å²) in [5, 5.41) is 13.7. The van der Waals surface area contributed by atoms with Crippen LogP contribution in [0.3, 0.4) is 0 Å². The Morgan fingerprint density at radius 1 is 1.09 bits per heavy atom. The lowest BCUT2D eigenvalue weighted by atomic mass is 9.88. The predicted molar refractivity (Wildman–Crippen MR) is 136 cm³/mol. The van der Waals surface area contributed by atoms with Crippen LogP contribution in [0.2, 0.25) is 0 Å². The largest absolute Gasteiger partial charge is 0.334 e. The van der Waals surface area contributed by atoms with Crippen LogP contribution >= 0.6 is 0 Å². The fourth-order valence-corrected chi connectivity index (χ4v) is 6.04. The van der Waals surface area contributed by atoms with Crippen LogP contribution < -0.4 is 10.6 Å². The average Bonchev–Trinajstić information content (AvgIpc) is 3.38. The van der Waals surface area contributed by atoms with Crippen molar-refractivity contribution in [2.75, 3.05) is 25.0 Å². The van der Waals surface area contributed by atoms with Crippen LogP contribution in [0.1, 0.15) is 80.4 Å². The maximum absolute atomic E-state index is 13.4. The fourth-order valence-electron chi connectivity index (χ4n) is 6.04. The van der Waals surface area contributed by atoms with Gasteiger partial charge in [-0.15, -0.1) is 0 Å². The summed E-state index contributed by atoms with van der Waals surface area (Å²) >= 11 is 0.